The number of benzene rings is 1. The average Bonchev–Trinajstić information content (AvgIpc) is 3.43. The monoisotopic (exact) mass is 516 g/mol. The van der Waals surface area contributed by atoms with Gasteiger partial charge in [0.15, 0.2) is 17.3 Å². The Morgan fingerprint density at radius 1 is 1.20 bits per heavy atom. The van der Waals surface area contributed by atoms with Gasteiger partial charge in [-0.25, -0.2) is 22.9 Å². The normalized spacial score (nSPS) is 25.4. The van der Waals surface area contributed by atoms with Gasteiger partial charge in [0, 0.05) is 36.8 Å². The molecule has 5 rings (SSSR count). The SMILES string of the molecule is CS(=O)(=O)O.[2H]C1([2H])[C@@H]2C(N)[C@@H]2C([2H])([2H])N1c1nc2c(cc1F)c(=O)c(C(=O)O)cn2-c1ccc(F)cc1F. The summed E-state index contributed by atoms with van der Waals surface area (Å²) in [5.74, 6) is -7.74. The van der Waals surface area contributed by atoms with E-state index in [1.165, 1.54) is 0 Å². The molecule has 0 radical (unpaired) electrons. The molecule has 1 unspecified atom stereocenters. The number of hydrogen-bond acceptors (Lipinski definition) is 7. The van der Waals surface area contributed by atoms with Crippen LogP contribution in [0, 0.1) is 29.3 Å². The van der Waals surface area contributed by atoms with Crippen molar-refractivity contribution < 1.29 is 41.5 Å². The molecule has 186 valence electrons. The quantitative estimate of drug-likeness (QED) is 0.438. The van der Waals surface area contributed by atoms with Crippen molar-refractivity contribution in [1.29, 1.82) is 0 Å². The molecule has 0 bridgehead atoms. The first-order valence-corrected chi connectivity index (χ1v) is 11.6. The smallest absolute Gasteiger partial charge is 0.341 e. The first-order valence-electron chi connectivity index (χ1n) is 11.7. The molecular weight excluding hydrogens is 493 g/mol. The summed E-state index contributed by atoms with van der Waals surface area (Å²) in [5, 5.41) is 8.83. The zero-order chi connectivity index (χ0) is 29.4. The number of carboxylic acids is 1. The third kappa shape index (κ3) is 4.85. The predicted octanol–water partition coefficient (Wildman–Crippen LogP) is 1.40. The van der Waals surface area contributed by atoms with Crippen molar-refractivity contribution in [3.63, 3.8) is 0 Å². The van der Waals surface area contributed by atoms with E-state index in [1.807, 2.05) is 0 Å². The maximum absolute atomic E-state index is 15.2. The van der Waals surface area contributed by atoms with E-state index in [2.05, 4.69) is 4.98 Å². The Morgan fingerprint density at radius 2 is 1.80 bits per heavy atom. The van der Waals surface area contributed by atoms with Crippen LogP contribution in [0.2, 0.25) is 0 Å². The summed E-state index contributed by atoms with van der Waals surface area (Å²) in [6.45, 7) is -4.88. The van der Waals surface area contributed by atoms with Gasteiger partial charge in [0.1, 0.15) is 17.2 Å². The minimum atomic E-state index is -3.67. The molecule has 10 nitrogen and oxygen atoms in total. The highest BCUT2D eigenvalue weighted by Gasteiger charge is 2.54. The van der Waals surface area contributed by atoms with Gasteiger partial charge in [-0.1, -0.05) is 0 Å². The van der Waals surface area contributed by atoms with Crippen molar-refractivity contribution in [1.82, 2.24) is 9.55 Å². The highest BCUT2D eigenvalue weighted by molar-refractivity contribution is 7.85. The number of pyridine rings is 2. The highest BCUT2D eigenvalue weighted by Crippen LogP contribution is 2.45. The molecule has 3 atom stereocenters. The fourth-order valence-electron chi connectivity index (χ4n) is 3.51. The van der Waals surface area contributed by atoms with E-state index in [1.54, 1.807) is 0 Å². The van der Waals surface area contributed by atoms with Crippen molar-refractivity contribution in [2.45, 2.75) is 6.04 Å². The van der Waals surface area contributed by atoms with Gasteiger partial charge in [-0.05, 0) is 30.0 Å². The Kier molecular flexibility index (Phi) is 4.87. The fourth-order valence-corrected chi connectivity index (χ4v) is 3.51. The van der Waals surface area contributed by atoms with Crippen LogP contribution in [0.5, 0.6) is 0 Å². The lowest BCUT2D eigenvalue weighted by atomic mass is 10.1. The average molecular weight is 516 g/mol. The molecule has 2 aliphatic rings. The lowest BCUT2D eigenvalue weighted by molar-refractivity contribution is 0.0695. The summed E-state index contributed by atoms with van der Waals surface area (Å²) in [6.07, 6.45) is 1.45. The maximum atomic E-state index is 15.2. The van der Waals surface area contributed by atoms with Crippen LogP contribution in [0.1, 0.15) is 15.8 Å². The number of carboxylic acid groups (broad SMARTS) is 1. The van der Waals surface area contributed by atoms with Crippen LogP contribution >= 0.6 is 0 Å². The molecule has 0 spiro atoms. The number of anilines is 1. The molecule has 1 saturated heterocycles. The summed E-state index contributed by atoms with van der Waals surface area (Å²) in [5.41, 5.74) is 2.91. The van der Waals surface area contributed by atoms with Crippen LogP contribution in [0.3, 0.4) is 0 Å². The van der Waals surface area contributed by atoms with Crippen molar-refractivity contribution in [3.05, 3.63) is 63.7 Å². The van der Waals surface area contributed by atoms with E-state index in [9.17, 15) is 31.9 Å². The molecule has 2 aromatic heterocycles. The molecule has 1 aliphatic heterocycles. The zero-order valence-electron chi connectivity index (χ0n) is 21.6. The second-order valence-electron chi connectivity index (χ2n) is 7.76. The largest absolute Gasteiger partial charge is 0.477 e. The van der Waals surface area contributed by atoms with Gasteiger partial charge in [0.25, 0.3) is 10.1 Å². The second-order valence-corrected chi connectivity index (χ2v) is 9.23. The number of nitrogens with zero attached hydrogens (tertiary/aromatic N) is 3. The van der Waals surface area contributed by atoms with E-state index in [4.69, 9.17) is 15.8 Å². The number of halogens is 3. The number of nitrogens with two attached hydrogens (primary N) is 1. The molecule has 4 N–H and O–H groups in total. The Bertz CT molecular complexity index is 1680. The minimum absolute atomic E-state index is 0.420. The van der Waals surface area contributed by atoms with Crippen LogP contribution in [0.25, 0.3) is 16.7 Å². The number of fused-ring (bicyclic) bond motifs is 2. The van der Waals surface area contributed by atoms with Gasteiger partial charge in [0.2, 0.25) is 5.43 Å². The van der Waals surface area contributed by atoms with Crippen molar-refractivity contribution >= 4 is 32.9 Å². The predicted molar refractivity (Wildman–Crippen MR) is 119 cm³/mol. The van der Waals surface area contributed by atoms with E-state index in [-0.39, 0.29) is 0 Å². The van der Waals surface area contributed by atoms with Crippen molar-refractivity contribution in [2.24, 2.45) is 17.6 Å². The molecule has 0 amide bonds. The first-order chi connectivity index (χ1) is 17.8. The molecule has 3 heterocycles. The van der Waals surface area contributed by atoms with Crippen LogP contribution in [0.15, 0.2) is 35.3 Å². The number of hydrogen-bond donors (Lipinski definition) is 3. The summed E-state index contributed by atoms with van der Waals surface area (Å²) >= 11 is 0. The molecular formula is C21H19F3N4O6S. The Labute approximate surface area is 201 Å². The number of aromatic carboxylic acids is 1. The lowest BCUT2D eigenvalue weighted by Crippen LogP contribution is -2.30. The molecule has 35 heavy (non-hydrogen) atoms. The van der Waals surface area contributed by atoms with Gasteiger partial charge in [-0.15, -0.1) is 0 Å². The molecule has 14 heteroatoms. The number of rotatable bonds is 3. The molecule has 2 fully saturated rings. The van der Waals surface area contributed by atoms with Crippen LogP contribution in [0.4, 0.5) is 19.0 Å². The van der Waals surface area contributed by atoms with E-state index in [0.717, 1.165) is 22.9 Å². The van der Waals surface area contributed by atoms with E-state index in [0.29, 0.717) is 23.3 Å². The Balaban J connectivity index is 0.000000648. The van der Waals surface area contributed by atoms with Crippen molar-refractivity contribution in [3.8, 4) is 5.69 Å². The van der Waals surface area contributed by atoms with Crippen LogP contribution in [-0.2, 0) is 10.1 Å². The van der Waals surface area contributed by atoms with Gasteiger partial charge in [-0.3, -0.25) is 13.9 Å². The van der Waals surface area contributed by atoms with Gasteiger partial charge >= 0.3 is 5.97 Å². The second kappa shape index (κ2) is 8.62. The number of piperidine rings is 1. The van der Waals surface area contributed by atoms with Gasteiger partial charge in [0.05, 0.1) is 17.3 Å². The third-order valence-corrected chi connectivity index (χ3v) is 5.16. The maximum Gasteiger partial charge on any atom is 0.341 e. The van der Waals surface area contributed by atoms with Gasteiger partial charge < -0.3 is 15.7 Å². The molecule has 3 aromatic rings. The summed E-state index contributed by atoms with van der Waals surface area (Å²) in [7, 11) is -3.67. The number of carbonyl (C=O) groups is 1. The summed E-state index contributed by atoms with van der Waals surface area (Å²) < 4.78 is 103. The Morgan fingerprint density at radius 3 is 2.34 bits per heavy atom. The van der Waals surface area contributed by atoms with E-state index < -0.39 is 97.9 Å². The molecule has 1 aromatic carbocycles. The molecule has 1 aliphatic carbocycles. The third-order valence-electron chi connectivity index (χ3n) is 5.16. The van der Waals surface area contributed by atoms with E-state index >= 15 is 4.39 Å². The molecule has 1 saturated carbocycles. The zero-order valence-corrected chi connectivity index (χ0v) is 18.4. The van der Waals surface area contributed by atoms with Gasteiger partial charge in [-0.2, -0.15) is 8.42 Å². The standard InChI is InChI=1S/C20H15F3N4O3.CH4O3S/c21-8-1-2-15(13(22)3-8)27-7-12(20(29)30)17(28)9-4-14(23)19(25-18(9)27)26-5-10-11(6-26)16(10)24;1-5(2,3)4/h1-4,7,10-11,16H,5-6,24H2,(H,29,30);1H3,(H,2,3,4)/t10-,11+,16?;/i5D2,6D2;. The lowest BCUT2D eigenvalue weighted by Gasteiger charge is -2.22. The summed E-state index contributed by atoms with van der Waals surface area (Å²) in [4.78, 5) is 28.8. The topological polar surface area (TPSA) is 156 Å². The number of aromatic nitrogens is 2. The highest BCUT2D eigenvalue weighted by atomic mass is 32.2. The first kappa shape index (κ1) is 19.8. The minimum Gasteiger partial charge on any atom is -0.477 e. The van der Waals surface area contributed by atoms with Crippen molar-refractivity contribution in [2.75, 3.05) is 24.1 Å². The van der Waals surface area contributed by atoms with Crippen LogP contribution < -0.4 is 16.1 Å². The fraction of sp³-hybridized carbons (Fsp3) is 0.286. The van der Waals surface area contributed by atoms with Crippen LogP contribution in [-0.4, -0.2) is 58.9 Å². The Hall–Kier alpha value is -3.49. The summed E-state index contributed by atoms with van der Waals surface area (Å²) in [6, 6.07) is 2.15.